The second kappa shape index (κ2) is 7.89. The third-order valence-corrected chi connectivity index (χ3v) is 4.93. The molecule has 2 aromatic rings. The van der Waals surface area contributed by atoms with E-state index in [2.05, 4.69) is 35.9 Å². The van der Waals surface area contributed by atoms with E-state index in [0.29, 0.717) is 17.2 Å². The third-order valence-electron chi connectivity index (χ3n) is 4.93. The standard InChI is InChI=1S/C23H27N3O2/c1-13(2)17-6-8-18(9-7-17)21-20(16(5)24-23(28)26-21)22(27)25-19-11-14(3)10-15(4)12-19/h6-13,21H,1-5H3,(H,25,27)(H2,24,26,28). The lowest BCUT2D eigenvalue weighted by atomic mass is 9.92. The Balaban J connectivity index is 1.93. The van der Waals surface area contributed by atoms with Gasteiger partial charge in [-0.2, -0.15) is 0 Å². The zero-order chi connectivity index (χ0) is 20.4. The minimum Gasteiger partial charge on any atom is -0.327 e. The van der Waals surface area contributed by atoms with Gasteiger partial charge in [0.15, 0.2) is 0 Å². The lowest BCUT2D eigenvalue weighted by molar-refractivity contribution is -0.113. The number of hydrogen-bond donors (Lipinski definition) is 3. The van der Waals surface area contributed by atoms with E-state index >= 15 is 0 Å². The van der Waals surface area contributed by atoms with Crippen molar-refractivity contribution in [3.05, 3.63) is 76.0 Å². The minimum atomic E-state index is -0.499. The molecule has 0 radical (unpaired) electrons. The van der Waals surface area contributed by atoms with Gasteiger partial charge in [-0.15, -0.1) is 0 Å². The van der Waals surface area contributed by atoms with Gasteiger partial charge in [0, 0.05) is 11.4 Å². The summed E-state index contributed by atoms with van der Waals surface area (Å²) >= 11 is 0. The van der Waals surface area contributed by atoms with Crippen molar-refractivity contribution in [3.8, 4) is 0 Å². The highest BCUT2D eigenvalue weighted by molar-refractivity contribution is 6.06. The van der Waals surface area contributed by atoms with Crippen LogP contribution in [0.15, 0.2) is 53.7 Å². The summed E-state index contributed by atoms with van der Waals surface area (Å²) in [6.07, 6.45) is 0. The highest BCUT2D eigenvalue weighted by Crippen LogP contribution is 2.29. The van der Waals surface area contributed by atoms with E-state index in [1.54, 1.807) is 6.92 Å². The molecule has 5 nitrogen and oxygen atoms in total. The number of nitrogens with one attached hydrogen (secondary N) is 3. The van der Waals surface area contributed by atoms with Gasteiger partial charge in [0.05, 0.1) is 11.6 Å². The van der Waals surface area contributed by atoms with Crippen LogP contribution in [0, 0.1) is 13.8 Å². The summed E-state index contributed by atoms with van der Waals surface area (Å²) in [5, 5.41) is 8.58. The first-order valence-corrected chi connectivity index (χ1v) is 9.52. The van der Waals surface area contributed by atoms with E-state index in [1.807, 2.05) is 50.2 Å². The fourth-order valence-corrected chi connectivity index (χ4v) is 3.56. The summed E-state index contributed by atoms with van der Waals surface area (Å²) < 4.78 is 0. The number of urea groups is 1. The largest absolute Gasteiger partial charge is 0.327 e. The second-order valence-electron chi connectivity index (χ2n) is 7.72. The molecule has 2 aromatic carbocycles. The first kappa shape index (κ1) is 19.7. The highest BCUT2D eigenvalue weighted by Gasteiger charge is 2.31. The first-order chi connectivity index (χ1) is 13.2. The molecular weight excluding hydrogens is 350 g/mol. The Morgan fingerprint density at radius 1 is 1.00 bits per heavy atom. The third kappa shape index (κ3) is 4.25. The molecule has 0 spiro atoms. The molecule has 1 atom stereocenters. The molecule has 0 aliphatic carbocycles. The van der Waals surface area contributed by atoms with Crippen LogP contribution in [-0.4, -0.2) is 11.9 Å². The Hall–Kier alpha value is -3.08. The smallest absolute Gasteiger partial charge is 0.319 e. The molecule has 0 bridgehead atoms. The van der Waals surface area contributed by atoms with E-state index in [-0.39, 0.29) is 11.9 Å². The van der Waals surface area contributed by atoms with E-state index < -0.39 is 6.04 Å². The van der Waals surface area contributed by atoms with Gasteiger partial charge in [-0.1, -0.05) is 44.2 Å². The molecule has 1 heterocycles. The van der Waals surface area contributed by atoms with E-state index in [4.69, 9.17) is 0 Å². The molecule has 146 valence electrons. The summed E-state index contributed by atoms with van der Waals surface area (Å²) in [6, 6.07) is 13.2. The predicted molar refractivity (Wildman–Crippen MR) is 112 cm³/mol. The average molecular weight is 377 g/mol. The van der Waals surface area contributed by atoms with E-state index in [0.717, 1.165) is 22.4 Å². The molecule has 0 saturated carbocycles. The average Bonchev–Trinajstić information content (AvgIpc) is 2.60. The summed E-state index contributed by atoms with van der Waals surface area (Å²) in [5.41, 5.74) is 6.07. The van der Waals surface area contributed by atoms with Crippen LogP contribution in [0.25, 0.3) is 0 Å². The van der Waals surface area contributed by atoms with E-state index in [9.17, 15) is 9.59 Å². The van der Waals surface area contributed by atoms with Crippen LogP contribution in [0.2, 0.25) is 0 Å². The molecule has 1 unspecified atom stereocenters. The molecule has 0 fully saturated rings. The number of hydrogen-bond acceptors (Lipinski definition) is 2. The Morgan fingerprint density at radius 3 is 2.18 bits per heavy atom. The zero-order valence-corrected chi connectivity index (χ0v) is 17.0. The van der Waals surface area contributed by atoms with Crippen LogP contribution < -0.4 is 16.0 Å². The number of rotatable bonds is 4. The SMILES string of the molecule is CC1=C(C(=O)Nc2cc(C)cc(C)c2)C(c2ccc(C(C)C)cc2)NC(=O)N1. The van der Waals surface area contributed by atoms with Gasteiger partial charge < -0.3 is 16.0 Å². The van der Waals surface area contributed by atoms with Gasteiger partial charge in [0.25, 0.3) is 5.91 Å². The molecule has 3 rings (SSSR count). The maximum absolute atomic E-state index is 13.1. The van der Waals surface area contributed by atoms with Crippen molar-refractivity contribution >= 4 is 17.6 Å². The lowest BCUT2D eigenvalue weighted by Gasteiger charge is -2.29. The van der Waals surface area contributed by atoms with Crippen LogP contribution in [0.3, 0.4) is 0 Å². The Morgan fingerprint density at radius 2 is 1.61 bits per heavy atom. The number of carbonyl (C=O) groups is 2. The van der Waals surface area contributed by atoms with Crippen LogP contribution in [0.5, 0.6) is 0 Å². The number of carbonyl (C=O) groups excluding carboxylic acids is 2. The fourth-order valence-electron chi connectivity index (χ4n) is 3.56. The Labute approximate surface area is 166 Å². The minimum absolute atomic E-state index is 0.229. The number of aryl methyl sites for hydroxylation is 2. The molecule has 1 aliphatic rings. The van der Waals surface area contributed by atoms with Crippen LogP contribution in [-0.2, 0) is 4.79 Å². The van der Waals surface area contributed by atoms with E-state index in [1.165, 1.54) is 5.56 Å². The lowest BCUT2D eigenvalue weighted by Crippen LogP contribution is -2.46. The van der Waals surface area contributed by atoms with Gasteiger partial charge >= 0.3 is 6.03 Å². The number of amides is 3. The van der Waals surface area contributed by atoms with Crippen molar-refractivity contribution in [1.29, 1.82) is 0 Å². The first-order valence-electron chi connectivity index (χ1n) is 9.52. The van der Waals surface area contributed by atoms with Gasteiger partial charge in [0.1, 0.15) is 0 Å². The van der Waals surface area contributed by atoms with Crippen LogP contribution in [0.4, 0.5) is 10.5 Å². The maximum atomic E-state index is 13.1. The van der Waals surface area contributed by atoms with Gasteiger partial charge in [-0.3, -0.25) is 4.79 Å². The maximum Gasteiger partial charge on any atom is 0.319 e. The summed E-state index contributed by atoms with van der Waals surface area (Å²) in [7, 11) is 0. The van der Waals surface area contributed by atoms with Gasteiger partial charge in [0.2, 0.25) is 0 Å². The topological polar surface area (TPSA) is 70.2 Å². The predicted octanol–water partition coefficient (Wildman–Crippen LogP) is 4.69. The molecular formula is C23H27N3O2. The monoisotopic (exact) mass is 377 g/mol. The summed E-state index contributed by atoms with van der Waals surface area (Å²) in [4.78, 5) is 25.2. The molecule has 1 aliphatic heterocycles. The molecule has 28 heavy (non-hydrogen) atoms. The Kier molecular flexibility index (Phi) is 5.54. The van der Waals surface area contributed by atoms with Crippen molar-refractivity contribution in [1.82, 2.24) is 10.6 Å². The summed E-state index contributed by atoms with van der Waals surface area (Å²) in [6.45, 7) is 10.0. The van der Waals surface area contributed by atoms with Crippen LogP contribution >= 0.6 is 0 Å². The van der Waals surface area contributed by atoms with Crippen molar-refractivity contribution in [2.24, 2.45) is 0 Å². The number of anilines is 1. The van der Waals surface area contributed by atoms with Crippen molar-refractivity contribution in [2.75, 3.05) is 5.32 Å². The highest BCUT2D eigenvalue weighted by atomic mass is 16.2. The molecule has 5 heteroatoms. The molecule has 3 amide bonds. The number of allylic oxidation sites excluding steroid dienone is 1. The molecule has 0 aromatic heterocycles. The quantitative estimate of drug-likeness (QED) is 0.723. The van der Waals surface area contributed by atoms with Crippen molar-refractivity contribution in [2.45, 2.75) is 46.6 Å². The molecule has 0 saturated heterocycles. The van der Waals surface area contributed by atoms with Crippen molar-refractivity contribution in [3.63, 3.8) is 0 Å². The Bertz CT molecular complexity index is 923. The second-order valence-corrected chi connectivity index (χ2v) is 7.72. The van der Waals surface area contributed by atoms with Crippen LogP contribution in [0.1, 0.15) is 55.0 Å². The fraction of sp³-hybridized carbons (Fsp3) is 0.304. The zero-order valence-electron chi connectivity index (χ0n) is 17.0. The summed E-state index contributed by atoms with van der Waals surface area (Å²) in [5.74, 6) is 0.189. The molecule has 3 N–H and O–H groups in total. The number of benzene rings is 2. The van der Waals surface area contributed by atoms with Gasteiger partial charge in [-0.25, -0.2) is 4.79 Å². The normalized spacial score (nSPS) is 16.6. The van der Waals surface area contributed by atoms with Crippen molar-refractivity contribution < 1.29 is 9.59 Å². The van der Waals surface area contributed by atoms with Gasteiger partial charge in [-0.05, 0) is 61.1 Å².